The van der Waals surface area contributed by atoms with Crippen LogP contribution in [0.15, 0.2) is 58.7 Å². The molecule has 0 bridgehead atoms. The number of benzene rings is 2. The Hall–Kier alpha value is -2.20. The van der Waals surface area contributed by atoms with Gasteiger partial charge in [-0.1, -0.05) is 53.3 Å². The topological polar surface area (TPSA) is 29.6 Å². The maximum Gasteiger partial charge on any atom is 0.211 e. The van der Waals surface area contributed by atoms with Gasteiger partial charge in [-0.3, -0.25) is 0 Å². The zero-order valence-electron chi connectivity index (χ0n) is 11.4. The predicted molar refractivity (Wildman–Crippen MR) is 85.1 cm³/mol. The van der Waals surface area contributed by atoms with Crippen molar-refractivity contribution in [2.75, 3.05) is 0 Å². The molecule has 0 radical (unpaired) electrons. The van der Waals surface area contributed by atoms with E-state index in [-0.39, 0.29) is 0 Å². The summed E-state index contributed by atoms with van der Waals surface area (Å²) in [5.41, 5.74) is 3.49. The molecule has 3 rings (SSSR count). The van der Waals surface area contributed by atoms with Crippen molar-refractivity contribution in [3.8, 4) is 0 Å². The third-order valence-corrected chi connectivity index (χ3v) is 4.25. The van der Waals surface area contributed by atoms with Crippen molar-refractivity contribution in [3.63, 3.8) is 0 Å². The van der Waals surface area contributed by atoms with Crippen LogP contribution < -0.4 is 4.80 Å². The summed E-state index contributed by atoms with van der Waals surface area (Å²) < 4.78 is 3.28. The van der Waals surface area contributed by atoms with Crippen molar-refractivity contribution in [2.24, 2.45) is 17.3 Å². The Morgan fingerprint density at radius 2 is 1.80 bits per heavy atom. The standard InChI is InChI=1S/C16H15N3S/c1-12-7-9-13(10-8-12)11-17-18-16-19(2)14-5-3-4-6-15(14)20-16/h3-11H,1-2H3. The van der Waals surface area contributed by atoms with E-state index in [1.165, 1.54) is 15.8 Å². The lowest BCUT2D eigenvalue weighted by Crippen LogP contribution is -2.08. The van der Waals surface area contributed by atoms with Crippen LogP contribution in [0.1, 0.15) is 11.1 Å². The normalized spacial score (nSPS) is 12.6. The largest absolute Gasteiger partial charge is 0.318 e. The lowest BCUT2D eigenvalue weighted by molar-refractivity contribution is 0.889. The lowest BCUT2D eigenvalue weighted by atomic mass is 10.2. The number of hydrogen-bond donors (Lipinski definition) is 0. The van der Waals surface area contributed by atoms with Gasteiger partial charge in [-0.2, -0.15) is 5.10 Å². The van der Waals surface area contributed by atoms with Gasteiger partial charge >= 0.3 is 0 Å². The number of thiazole rings is 1. The van der Waals surface area contributed by atoms with Gasteiger partial charge in [0, 0.05) is 7.05 Å². The molecule has 0 spiro atoms. The highest BCUT2D eigenvalue weighted by atomic mass is 32.1. The summed E-state index contributed by atoms with van der Waals surface area (Å²) in [4.78, 5) is 0.898. The Kier molecular flexibility index (Phi) is 3.48. The van der Waals surface area contributed by atoms with Crippen LogP contribution >= 0.6 is 11.3 Å². The molecular formula is C16H15N3S. The summed E-state index contributed by atoms with van der Waals surface area (Å²) >= 11 is 1.64. The van der Waals surface area contributed by atoms with Crippen molar-refractivity contribution in [3.05, 3.63) is 64.5 Å². The first-order chi connectivity index (χ1) is 9.74. The van der Waals surface area contributed by atoms with Gasteiger partial charge < -0.3 is 4.57 Å². The number of rotatable bonds is 2. The average molecular weight is 281 g/mol. The average Bonchev–Trinajstić information content (AvgIpc) is 2.78. The van der Waals surface area contributed by atoms with E-state index in [1.54, 1.807) is 17.6 Å². The highest BCUT2D eigenvalue weighted by Crippen LogP contribution is 2.15. The summed E-state index contributed by atoms with van der Waals surface area (Å²) in [5, 5.41) is 8.50. The molecule has 0 saturated heterocycles. The number of nitrogens with zero attached hydrogens (tertiary/aromatic N) is 3. The molecule has 0 aliphatic carbocycles. The highest BCUT2D eigenvalue weighted by molar-refractivity contribution is 7.16. The third-order valence-electron chi connectivity index (χ3n) is 3.14. The van der Waals surface area contributed by atoms with Gasteiger partial charge in [-0.25, -0.2) is 0 Å². The quantitative estimate of drug-likeness (QED) is 0.508. The molecule has 0 atom stereocenters. The molecule has 0 saturated carbocycles. The van der Waals surface area contributed by atoms with E-state index in [4.69, 9.17) is 0 Å². The van der Waals surface area contributed by atoms with Gasteiger partial charge in [0.2, 0.25) is 4.80 Å². The second-order valence-electron chi connectivity index (χ2n) is 4.67. The van der Waals surface area contributed by atoms with E-state index in [9.17, 15) is 0 Å². The maximum atomic E-state index is 4.31. The molecule has 0 amide bonds. The van der Waals surface area contributed by atoms with Gasteiger partial charge in [-0.05, 0) is 24.6 Å². The van der Waals surface area contributed by atoms with Crippen molar-refractivity contribution in [1.29, 1.82) is 0 Å². The number of fused-ring (bicyclic) bond motifs is 1. The molecule has 3 aromatic rings. The molecule has 0 aliphatic heterocycles. The Morgan fingerprint density at radius 1 is 1.05 bits per heavy atom. The Bertz CT molecular complexity index is 823. The minimum Gasteiger partial charge on any atom is -0.318 e. The number of para-hydroxylation sites is 1. The van der Waals surface area contributed by atoms with E-state index in [0.717, 1.165) is 10.4 Å². The molecule has 1 aromatic heterocycles. The molecule has 1 heterocycles. The molecule has 4 heteroatoms. The van der Waals surface area contributed by atoms with Gasteiger partial charge in [0.25, 0.3) is 0 Å². The van der Waals surface area contributed by atoms with E-state index in [1.807, 2.05) is 31.3 Å². The fourth-order valence-corrected chi connectivity index (χ4v) is 2.95. The van der Waals surface area contributed by atoms with Crippen molar-refractivity contribution in [1.82, 2.24) is 4.57 Å². The van der Waals surface area contributed by atoms with E-state index < -0.39 is 0 Å². The van der Waals surface area contributed by atoms with Crippen LogP contribution in [-0.4, -0.2) is 10.8 Å². The molecule has 0 aliphatic rings. The van der Waals surface area contributed by atoms with Gasteiger partial charge in [0.05, 0.1) is 16.4 Å². The first kappa shape index (κ1) is 12.8. The molecule has 20 heavy (non-hydrogen) atoms. The first-order valence-electron chi connectivity index (χ1n) is 6.42. The van der Waals surface area contributed by atoms with Crippen LogP contribution in [-0.2, 0) is 7.05 Å². The fraction of sp³-hybridized carbons (Fsp3) is 0.125. The number of aryl methyl sites for hydroxylation is 2. The minimum absolute atomic E-state index is 0.898. The van der Waals surface area contributed by atoms with Gasteiger partial charge in [-0.15, -0.1) is 5.10 Å². The lowest BCUT2D eigenvalue weighted by Gasteiger charge is -1.93. The third kappa shape index (κ3) is 2.56. The highest BCUT2D eigenvalue weighted by Gasteiger charge is 2.00. The van der Waals surface area contributed by atoms with Gasteiger partial charge in [0.15, 0.2) is 0 Å². The maximum absolute atomic E-state index is 4.31. The summed E-state index contributed by atoms with van der Waals surface area (Å²) in [6.07, 6.45) is 1.78. The molecule has 0 N–H and O–H groups in total. The second kappa shape index (κ2) is 5.43. The summed E-state index contributed by atoms with van der Waals surface area (Å²) in [6.45, 7) is 2.07. The van der Waals surface area contributed by atoms with Crippen LogP contribution in [0.2, 0.25) is 0 Å². The Morgan fingerprint density at radius 3 is 2.55 bits per heavy atom. The first-order valence-corrected chi connectivity index (χ1v) is 7.24. The molecular weight excluding hydrogens is 266 g/mol. The van der Waals surface area contributed by atoms with E-state index >= 15 is 0 Å². The minimum atomic E-state index is 0.898. The monoisotopic (exact) mass is 281 g/mol. The fourth-order valence-electron chi connectivity index (χ4n) is 1.98. The zero-order chi connectivity index (χ0) is 13.9. The second-order valence-corrected chi connectivity index (χ2v) is 5.68. The van der Waals surface area contributed by atoms with Crippen LogP contribution in [0, 0.1) is 6.92 Å². The van der Waals surface area contributed by atoms with Crippen molar-refractivity contribution >= 4 is 27.8 Å². The van der Waals surface area contributed by atoms with E-state index in [0.29, 0.717) is 0 Å². The molecule has 0 fully saturated rings. The van der Waals surface area contributed by atoms with Crippen LogP contribution in [0.25, 0.3) is 10.2 Å². The van der Waals surface area contributed by atoms with Crippen LogP contribution in [0.4, 0.5) is 0 Å². The molecule has 3 nitrogen and oxygen atoms in total. The molecule has 0 unspecified atom stereocenters. The van der Waals surface area contributed by atoms with Crippen molar-refractivity contribution < 1.29 is 0 Å². The number of hydrogen-bond acceptors (Lipinski definition) is 3. The number of aromatic nitrogens is 1. The van der Waals surface area contributed by atoms with Crippen LogP contribution in [0.3, 0.4) is 0 Å². The summed E-state index contributed by atoms with van der Waals surface area (Å²) in [7, 11) is 2.01. The van der Waals surface area contributed by atoms with E-state index in [2.05, 4.69) is 46.0 Å². The predicted octanol–water partition coefficient (Wildman–Crippen LogP) is 3.48. The van der Waals surface area contributed by atoms with Crippen molar-refractivity contribution in [2.45, 2.75) is 6.92 Å². The summed E-state index contributed by atoms with van der Waals surface area (Å²) in [5.74, 6) is 0. The Balaban J connectivity index is 1.94. The smallest absolute Gasteiger partial charge is 0.211 e. The van der Waals surface area contributed by atoms with Gasteiger partial charge in [0.1, 0.15) is 0 Å². The SMILES string of the molecule is Cc1ccc(C=NN=c2sc3ccccc3n2C)cc1. The molecule has 2 aromatic carbocycles. The summed E-state index contributed by atoms with van der Waals surface area (Å²) in [6, 6.07) is 16.5. The Labute approximate surface area is 121 Å². The molecule has 100 valence electrons. The zero-order valence-corrected chi connectivity index (χ0v) is 12.3. The van der Waals surface area contributed by atoms with Crippen LogP contribution in [0.5, 0.6) is 0 Å².